The van der Waals surface area contributed by atoms with Crippen molar-refractivity contribution in [1.82, 2.24) is 15.1 Å². The number of sulfone groups is 1. The van der Waals surface area contributed by atoms with E-state index >= 15 is 0 Å². The van der Waals surface area contributed by atoms with Gasteiger partial charge in [-0.15, -0.1) is 0 Å². The summed E-state index contributed by atoms with van der Waals surface area (Å²) >= 11 is 0. The molecule has 122 valence electrons. The number of amides is 1. The van der Waals surface area contributed by atoms with Crippen LogP contribution in [0.4, 0.5) is 0 Å². The smallest absolute Gasteiger partial charge is 0.237 e. The SMILES string of the molecule is CCN(C(=O)CN(C)C1CCNCC1)C1CCS(=O)(=O)C1. The summed E-state index contributed by atoms with van der Waals surface area (Å²) < 4.78 is 23.2. The molecule has 2 fully saturated rings. The van der Waals surface area contributed by atoms with Crippen LogP contribution in [0.3, 0.4) is 0 Å². The Morgan fingerprint density at radius 2 is 1.86 bits per heavy atom. The van der Waals surface area contributed by atoms with Crippen LogP contribution in [0.5, 0.6) is 0 Å². The molecule has 2 rings (SSSR count). The third-order valence-corrected chi connectivity index (χ3v) is 6.38. The molecule has 2 saturated heterocycles. The zero-order valence-electron chi connectivity index (χ0n) is 13.0. The average molecular weight is 317 g/mol. The Labute approximate surface area is 127 Å². The monoisotopic (exact) mass is 317 g/mol. The van der Waals surface area contributed by atoms with Crippen molar-refractivity contribution < 1.29 is 13.2 Å². The highest BCUT2D eigenvalue weighted by Gasteiger charge is 2.34. The molecule has 0 aliphatic carbocycles. The quantitative estimate of drug-likeness (QED) is 0.754. The Hall–Kier alpha value is -0.660. The highest BCUT2D eigenvalue weighted by Crippen LogP contribution is 2.18. The van der Waals surface area contributed by atoms with E-state index in [2.05, 4.69) is 10.2 Å². The predicted molar refractivity (Wildman–Crippen MR) is 83.0 cm³/mol. The fourth-order valence-corrected chi connectivity index (χ4v) is 5.07. The van der Waals surface area contributed by atoms with E-state index in [1.807, 2.05) is 14.0 Å². The number of nitrogens with zero attached hydrogens (tertiary/aromatic N) is 2. The second-order valence-electron chi connectivity index (χ2n) is 6.13. The molecular formula is C14H27N3O3S. The number of nitrogens with one attached hydrogen (secondary N) is 1. The second-order valence-corrected chi connectivity index (χ2v) is 8.36. The van der Waals surface area contributed by atoms with Crippen LogP contribution in [-0.2, 0) is 14.6 Å². The van der Waals surface area contributed by atoms with E-state index in [1.54, 1.807) is 4.90 Å². The van der Waals surface area contributed by atoms with Crippen LogP contribution in [0.1, 0.15) is 26.2 Å². The van der Waals surface area contributed by atoms with Gasteiger partial charge in [-0.05, 0) is 46.3 Å². The van der Waals surface area contributed by atoms with Crippen LogP contribution in [0.2, 0.25) is 0 Å². The van der Waals surface area contributed by atoms with Crippen molar-refractivity contribution in [2.45, 2.75) is 38.3 Å². The van der Waals surface area contributed by atoms with Crippen molar-refractivity contribution in [3.05, 3.63) is 0 Å². The van der Waals surface area contributed by atoms with Crippen molar-refractivity contribution >= 4 is 15.7 Å². The van der Waals surface area contributed by atoms with Crippen molar-refractivity contribution in [2.75, 3.05) is 44.7 Å². The lowest BCUT2D eigenvalue weighted by Gasteiger charge is -2.34. The maximum absolute atomic E-state index is 12.5. The number of carbonyl (C=O) groups is 1. The average Bonchev–Trinajstić information content (AvgIpc) is 2.80. The zero-order chi connectivity index (χ0) is 15.5. The third kappa shape index (κ3) is 4.40. The molecule has 2 aliphatic heterocycles. The highest BCUT2D eigenvalue weighted by atomic mass is 32.2. The summed E-state index contributed by atoms with van der Waals surface area (Å²) in [4.78, 5) is 16.4. The van der Waals surface area contributed by atoms with Crippen molar-refractivity contribution in [2.24, 2.45) is 0 Å². The van der Waals surface area contributed by atoms with E-state index in [1.165, 1.54) is 0 Å². The first-order chi connectivity index (χ1) is 9.93. The number of piperidine rings is 1. The van der Waals surface area contributed by atoms with Gasteiger partial charge in [0.2, 0.25) is 5.91 Å². The van der Waals surface area contributed by atoms with Gasteiger partial charge in [0.15, 0.2) is 9.84 Å². The fourth-order valence-electron chi connectivity index (χ4n) is 3.34. The Morgan fingerprint density at radius 3 is 2.38 bits per heavy atom. The van der Waals surface area contributed by atoms with Crippen LogP contribution >= 0.6 is 0 Å². The normalized spacial score (nSPS) is 26.1. The summed E-state index contributed by atoms with van der Waals surface area (Å²) in [7, 11) is -0.956. The first kappa shape index (κ1) is 16.7. The van der Waals surface area contributed by atoms with E-state index in [-0.39, 0.29) is 23.5 Å². The summed E-state index contributed by atoms with van der Waals surface area (Å²) in [6, 6.07) is 0.315. The maximum atomic E-state index is 12.5. The Bertz CT molecular complexity index is 460. The minimum absolute atomic E-state index is 0.0561. The molecule has 0 spiro atoms. The maximum Gasteiger partial charge on any atom is 0.237 e. The van der Waals surface area contributed by atoms with Gasteiger partial charge in [0.1, 0.15) is 0 Å². The van der Waals surface area contributed by atoms with Crippen molar-refractivity contribution in [3.8, 4) is 0 Å². The highest BCUT2D eigenvalue weighted by molar-refractivity contribution is 7.91. The lowest BCUT2D eigenvalue weighted by molar-refractivity contribution is -0.134. The molecule has 1 unspecified atom stereocenters. The van der Waals surface area contributed by atoms with E-state index in [0.717, 1.165) is 25.9 Å². The summed E-state index contributed by atoms with van der Waals surface area (Å²) in [5.74, 6) is 0.399. The largest absolute Gasteiger partial charge is 0.338 e. The van der Waals surface area contributed by atoms with Gasteiger partial charge >= 0.3 is 0 Å². The minimum atomic E-state index is -2.95. The van der Waals surface area contributed by atoms with E-state index < -0.39 is 9.84 Å². The molecule has 6 nitrogen and oxygen atoms in total. The molecule has 0 aromatic heterocycles. The third-order valence-electron chi connectivity index (χ3n) is 4.63. The molecule has 2 heterocycles. The molecule has 1 N–H and O–H groups in total. The van der Waals surface area contributed by atoms with Crippen LogP contribution in [0.25, 0.3) is 0 Å². The number of rotatable bonds is 5. The first-order valence-corrected chi connectivity index (χ1v) is 9.66. The molecule has 21 heavy (non-hydrogen) atoms. The number of hydrogen-bond donors (Lipinski definition) is 1. The number of likely N-dealkylation sites (N-methyl/N-ethyl adjacent to an activating group) is 2. The van der Waals surface area contributed by atoms with Crippen LogP contribution in [-0.4, -0.2) is 80.9 Å². The van der Waals surface area contributed by atoms with Gasteiger partial charge in [-0.2, -0.15) is 0 Å². The summed E-state index contributed by atoms with van der Waals surface area (Å²) in [5.41, 5.74) is 0. The lowest BCUT2D eigenvalue weighted by Crippen LogP contribution is -2.49. The number of carbonyl (C=O) groups excluding carboxylic acids is 1. The van der Waals surface area contributed by atoms with Gasteiger partial charge in [-0.3, -0.25) is 9.69 Å². The molecule has 7 heteroatoms. The Kier molecular flexibility index (Phi) is 5.62. The van der Waals surface area contributed by atoms with Gasteiger partial charge in [0.05, 0.1) is 18.1 Å². The standard InChI is InChI=1S/C14H27N3O3S/c1-3-17(13-6-9-21(19,20)11-13)14(18)10-16(2)12-4-7-15-8-5-12/h12-13,15H,3-11H2,1-2H3. The Balaban J connectivity index is 1.90. The fraction of sp³-hybridized carbons (Fsp3) is 0.929. The molecule has 1 amide bonds. The zero-order valence-corrected chi connectivity index (χ0v) is 13.9. The molecule has 0 bridgehead atoms. The topological polar surface area (TPSA) is 69.7 Å². The summed E-state index contributed by atoms with van der Waals surface area (Å²) in [6.07, 6.45) is 2.71. The lowest BCUT2D eigenvalue weighted by atomic mass is 10.1. The van der Waals surface area contributed by atoms with Gasteiger partial charge < -0.3 is 10.2 Å². The van der Waals surface area contributed by atoms with Gasteiger partial charge in [0, 0.05) is 18.6 Å². The van der Waals surface area contributed by atoms with Crippen LogP contribution < -0.4 is 5.32 Å². The molecule has 0 radical (unpaired) electrons. The van der Waals surface area contributed by atoms with Crippen LogP contribution in [0.15, 0.2) is 0 Å². The van der Waals surface area contributed by atoms with E-state index in [0.29, 0.717) is 25.6 Å². The molecule has 0 aromatic carbocycles. The molecule has 0 aromatic rings. The second kappa shape index (κ2) is 7.07. The van der Waals surface area contributed by atoms with Crippen LogP contribution in [0, 0.1) is 0 Å². The van der Waals surface area contributed by atoms with E-state index in [9.17, 15) is 13.2 Å². The molecular weight excluding hydrogens is 290 g/mol. The predicted octanol–water partition coefficient (Wildman–Crippen LogP) is -0.294. The van der Waals surface area contributed by atoms with Gasteiger partial charge in [0.25, 0.3) is 0 Å². The van der Waals surface area contributed by atoms with Gasteiger partial charge in [-0.1, -0.05) is 0 Å². The first-order valence-electron chi connectivity index (χ1n) is 7.84. The Morgan fingerprint density at radius 1 is 1.19 bits per heavy atom. The molecule has 2 aliphatic rings. The summed E-state index contributed by atoms with van der Waals surface area (Å²) in [6.45, 7) is 4.89. The number of hydrogen-bond acceptors (Lipinski definition) is 5. The van der Waals surface area contributed by atoms with E-state index in [4.69, 9.17) is 0 Å². The van der Waals surface area contributed by atoms with Gasteiger partial charge in [-0.25, -0.2) is 8.42 Å². The molecule has 1 atom stereocenters. The van der Waals surface area contributed by atoms with Crippen molar-refractivity contribution in [1.29, 1.82) is 0 Å². The minimum Gasteiger partial charge on any atom is -0.338 e. The molecule has 0 saturated carbocycles. The van der Waals surface area contributed by atoms with Crippen molar-refractivity contribution in [3.63, 3.8) is 0 Å². The summed E-state index contributed by atoms with van der Waals surface area (Å²) in [5, 5.41) is 3.32.